The Bertz CT molecular complexity index is 248. The van der Waals surface area contributed by atoms with E-state index in [0.717, 1.165) is 25.7 Å². The Morgan fingerprint density at radius 3 is 3.07 bits per heavy atom. The Labute approximate surface area is 83.1 Å². The van der Waals surface area contributed by atoms with Crippen LogP contribution in [0.15, 0.2) is 5.11 Å². The largest absolute Gasteiger partial charge is 0.469 e. The van der Waals surface area contributed by atoms with Crippen LogP contribution < -0.4 is 0 Å². The van der Waals surface area contributed by atoms with Gasteiger partial charge in [0.25, 0.3) is 0 Å². The average Bonchev–Trinajstić information content (AvgIpc) is 2.25. The molecule has 78 valence electrons. The molecule has 0 N–H and O–H groups in total. The van der Waals surface area contributed by atoms with E-state index in [9.17, 15) is 4.79 Å². The summed E-state index contributed by atoms with van der Waals surface area (Å²) in [5.41, 5.74) is 8.18. The van der Waals surface area contributed by atoms with Gasteiger partial charge in [0.05, 0.1) is 13.0 Å². The first kappa shape index (κ1) is 10.9. The quantitative estimate of drug-likeness (QED) is 0.301. The maximum Gasteiger partial charge on any atom is 0.308 e. The molecule has 5 nitrogen and oxygen atoms in total. The zero-order chi connectivity index (χ0) is 10.4. The van der Waals surface area contributed by atoms with Crippen LogP contribution in [0.4, 0.5) is 0 Å². The summed E-state index contributed by atoms with van der Waals surface area (Å²) in [5.74, 6) is 0.229. The molecule has 0 radical (unpaired) electrons. The van der Waals surface area contributed by atoms with E-state index < -0.39 is 0 Å². The summed E-state index contributed by atoms with van der Waals surface area (Å²) in [7, 11) is 1.42. The third-order valence-corrected chi connectivity index (χ3v) is 2.72. The first-order valence-electron chi connectivity index (χ1n) is 4.86. The van der Waals surface area contributed by atoms with Gasteiger partial charge < -0.3 is 4.74 Å². The van der Waals surface area contributed by atoms with Crippen molar-refractivity contribution in [3.63, 3.8) is 0 Å². The molecule has 0 heterocycles. The number of carbonyl (C=O) groups excluding carboxylic acids is 1. The summed E-state index contributed by atoms with van der Waals surface area (Å²) >= 11 is 0. The lowest BCUT2D eigenvalue weighted by atomic mass is 9.81. The van der Waals surface area contributed by atoms with E-state index in [2.05, 4.69) is 10.0 Å². The van der Waals surface area contributed by atoms with Crippen LogP contribution in [0.3, 0.4) is 0 Å². The highest BCUT2D eigenvalue weighted by Crippen LogP contribution is 2.29. The molecular weight excluding hydrogens is 182 g/mol. The number of carbonyl (C=O) groups is 1. The van der Waals surface area contributed by atoms with Gasteiger partial charge in [-0.25, -0.2) is 0 Å². The minimum atomic E-state index is -0.129. The van der Waals surface area contributed by atoms with Crippen molar-refractivity contribution in [2.75, 3.05) is 13.7 Å². The van der Waals surface area contributed by atoms with E-state index in [1.54, 1.807) is 0 Å². The minimum absolute atomic E-state index is 0.00708. The molecule has 0 bridgehead atoms. The van der Waals surface area contributed by atoms with Crippen LogP contribution in [0.1, 0.15) is 25.7 Å². The molecule has 1 saturated carbocycles. The first-order valence-corrected chi connectivity index (χ1v) is 4.86. The SMILES string of the molecule is COC(=O)[C@@H]1CCC[C@H](CN=[N+]=[N-])C1. The Morgan fingerprint density at radius 1 is 1.64 bits per heavy atom. The second kappa shape index (κ2) is 5.50. The van der Waals surface area contributed by atoms with Crippen LogP contribution >= 0.6 is 0 Å². The van der Waals surface area contributed by atoms with Crippen molar-refractivity contribution in [1.29, 1.82) is 0 Å². The van der Waals surface area contributed by atoms with Gasteiger partial charge in [0.1, 0.15) is 0 Å². The van der Waals surface area contributed by atoms with Gasteiger partial charge in [-0.3, -0.25) is 4.79 Å². The molecular formula is C9H15N3O2. The smallest absolute Gasteiger partial charge is 0.308 e. The number of nitrogens with zero attached hydrogens (tertiary/aromatic N) is 3. The van der Waals surface area contributed by atoms with E-state index in [1.807, 2.05) is 0 Å². The van der Waals surface area contributed by atoms with Gasteiger partial charge in [-0.1, -0.05) is 18.0 Å². The fourth-order valence-electron chi connectivity index (χ4n) is 1.99. The minimum Gasteiger partial charge on any atom is -0.469 e. The van der Waals surface area contributed by atoms with Gasteiger partial charge in [0.2, 0.25) is 0 Å². The van der Waals surface area contributed by atoms with Crippen LogP contribution in [0.25, 0.3) is 10.4 Å². The van der Waals surface area contributed by atoms with Gasteiger partial charge in [-0.05, 0) is 24.3 Å². The van der Waals surface area contributed by atoms with E-state index in [4.69, 9.17) is 10.3 Å². The monoisotopic (exact) mass is 197 g/mol. The van der Waals surface area contributed by atoms with Crippen LogP contribution in [0.5, 0.6) is 0 Å². The molecule has 1 aliphatic rings. The fourth-order valence-corrected chi connectivity index (χ4v) is 1.99. The van der Waals surface area contributed by atoms with Gasteiger partial charge in [0, 0.05) is 11.5 Å². The van der Waals surface area contributed by atoms with E-state index in [0.29, 0.717) is 12.5 Å². The zero-order valence-corrected chi connectivity index (χ0v) is 8.35. The van der Waals surface area contributed by atoms with Crippen molar-refractivity contribution in [1.82, 2.24) is 0 Å². The lowest BCUT2D eigenvalue weighted by Gasteiger charge is -2.26. The molecule has 0 aliphatic heterocycles. The highest BCUT2D eigenvalue weighted by atomic mass is 16.5. The molecule has 14 heavy (non-hydrogen) atoms. The molecule has 0 aromatic heterocycles. The number of esters is 1. The van der Waals surface area contributed by atoms with Crippen LogP contribution in [-0.2, 0) is 9.53 Å². The zero-order valence-electron chi connectivity index (χ0n) is 8.35. The molecule has 1 fully saturated rings. The molecule has 5 heteroatoms. The fraction of sp³-hybridized carbons (Fsp3) is 0.889. The summed E-state index contributed by atoms with van der Waals surface area (Å²) in [5, 5.41) is 3.54. The molecule has 0 saturated heterocycles. The highest BCUT2D eigenvalue weighted by Gasteiger charge is 2.27. The summed E-state index contributed by atoms with van der Waals surface area (Å²) < 4.78 is 4.70. The second-order valence-corrected chi connectivity index (χ2v) is 3.67. The van der Waals surface area contributed by atoms with Crippen molar-refractivity contribution < 1.29 is 9.53 Å². The average molecular weight is 197 g/mol. The number of rotatable bonds is 3. The van der Waals surface area contributed by atoms with Crippen molar-refractivity contribution in [2.24, 2.45) is 17.0 Å². The molecule has 0 aromatic carbocycles. The summed E-state index contributed by atoms with van der Waals surface area (Å²) in [6.07, 6.45) is 3.77. The third kappa shape index (κ3) is 2.92. The second-order valence-electron chi connectivity index (χ2n) is 3.67. The van der Waals surface area contributed by atoms with Gasteiger partial charge >= 0.3 is 5.97 Å². The maximum atomic E-state index is 11.3. The normalized spacial score (nSPS) is 26.4. The predicted molar refractivity (Wildman–Crippen MR) is 51.5 cm³/mol. The van der Waals surface area contributed by atoms with Gasteiger partial charge in [-0.15, -0.1) is 0 Å². The highest BCUT2D eigenvalue weighted by molar-refractivity contribution is 5.72. The predicted octanol–water partition coefficient (Wildman–Crippen LogP) is 2.28. The summed E-state index contributed by atoms with van der Waals surface area (Å²) in [6.45, 7) is 0.504. The number of hydrogen-bond donors (Lipinski definition) is 0. The Morgan fingerprint density at radius 2 is 2.43 bits per heavy atom. The van der Waals surface area contributed by atoms with Crippen LogP contribution in [0, 0.1) is 11.8 Å². The molecule has 2 atom stereocenters. The Hall–Kier alpha value is -1.22. The van der Waals surface area contributed by atoms with E-state index in [-0.39, 0.29) is 11.9 Å². The molecule has 0 spiro atoms. The van der Waals surface area contributed by atoms with Crippen LogP contribution in [0.2, 0.25) is 0 Å². The Kier molecular flexibility index (Phi) is 4.26. The molecule has 0 amide bonds. The van der Waals surface area contributed by atoms with Crippen molar-refractivity contribution >= 4 is 5.97 Å². The van der Waals surface area contributed by atoms with Crippen molar-refractivity contribution in [3.05, 3.63) is 10.4 Å². The summed E-state index contributed by atoms with van der Waals surface area (Å²) in [4.78, 5) is 14.0. The standard InChI is InChI=1S/C9H15N3O2/c1-14-9(13)8-4-2-3-7(5-8)6-11-12-10/h7-8H,2-6H2,1H3/t7-,8+/m0/s1. The van der Waals surface area contributed by atoms with E-state index in [1.165, 1.54) is 7.11 Å². The van der Waals surface area contributed by atoms with Gasteiger partial charge in [0.15, 0.2) is 0 Å². The lowest BCUT2D eigenvalue weighted by molar-refractivity contribution is -0.147. The number of ether oxygens (including phenoxy) is 1. The topological polar surface area (TPSA) is 75.1 Å². The Balaban J connectivity index is 2.42. The number of methoxy groups -OCH3 is 1. The molecule has 1 rings (SSSR count). The van der Waals surface area contributed by atoms with Crippen LogP contribution in [-0.4, -0.2) is 19.6 Å². The third-order valence-electron chi connectivity index (χ3n) is 2.72. The summed E-state index contributed by atoms with van der Waals surface area (Å²) in [6, 6.07) is 0. The van der Waals surface area contributed by atoms with Crippen molar-refractivity contribution in [3.8, 4) is 0 Å². The lowest BCUT2D eigenvalue weighted by Crippen LogP contribution is -2.25. The molecule has 1 aliphatic carbocycles. The maximum absolute atomic E-state index is 11.3. The number of azide groups is 1. The number of hydrogen-bond acceptors (Lipinski definition) is 3. The van der Waals surface area contributed by atoms with Crippen molar-refractivity contribution in [2.45, 2.75) is 25.7 Å². The first-order chi connectivity index (χ1) is 6.77. The molecule has 0 unspecified atom stereocenters. The van der Waals surface area contributed by atoms with Gasteiger partial charge in [-0.2, -0.15) is 0 Å². The van der Waals surface area contributed by atoms with E-state index >= 15 is 0 Å². The molecule has 0 aromatic rings.